The fourth-order valence-electron chi connectivity index (χ4n) is 2.63. The van der Waals surface area contributed by atoms with Gasteiger partial charge in [-0.25, -0.2) is 4.79 Å². The number of hydrogen-bond donors (Lipinski definition) is 2. The molecular formula is C17H15NO4. The van der Waals surface area contributed by atoms with E-state index in [1.54, 1.807) is 0 Å². The Balaban J connectivity index is 1.77. The third-order valence-electron chi connectivity index (χ3n) is 3.58. The summed E-state index contributed by atoms with van der Waals surface area (Å²) in [5, 5.41) is 12.7. The zero-order valence-electron chi connectivity index (χ0n) is 11.8. The maximum atomic E-state index is 12.5. The number of carbonyl (C=O) groups is 2. The molecule has 5 heteroatoms. The van der Waals surface area contributed by atoms with Crippen LogP contribution in [0.1, 0.15) is 15.9 Å². The van der Waals surface area contributed by atoms with E-state index >= 15 is 0 Å². The maximum absolute atomic E-state index is 12.5. The summed E-state index contributed by atoms with van der Waals surface area (Å²) in [7, 11) is 0. The van der Waals surface area contributed by atoms with E-state index in [1.165, 1.54) is 0 Å². The van der Waals surface area contributed by atoms with Crippen molar-refractivity contribution in [1.29, 1.82) is 0 Å². The molecule has 0 bridgehead atoms. The molecule has 1 amide bonds. The van der Waals surface area contributed by atoms with Crippen LogP contribution in [0.2, 0.25) is 0 Å². The van der Waals surface area contributed by atoms with E-state index in [0.717, 1.165) is 16.3 Å². The zero-order chi connectivity index (χ0) is 15.5. The van der Waals surface area contributed by atoms with E-state index in [2.05, 4.69) is 5.32 Å². The molecule has 0 fully saturated rings. The summed E-state index contributed by atoms with van der Waals surface area (Å²) in [6, 6.07) is 11.6. The number of ketones is 1. The molecule has 0 aromatic heterocycles. The van der Waals surface area contributed by atoms with Crippen LogP contribution in [0.4, 0.5) is 4.79 Å². The zero-order valence-corrected chi connectivity index (χ0v) is 11.8. The molecule has 5 nitrogen and oxygen atoms in total. The Morgan fingerprint density at radius 2 is 1.95 bits per heavy atom. The number of carbonyl (C=O) groups excluding carboxylic acids is 1. The van der Waals surface area contributed by atoms with Gasteiger partial charge in [0.05, 0.1) is 13.2 Å². The first-order valence-corrected chi connectivity index (χ1v) is 6.98. The van der Waals surface area contributed by atoms with Crippen LogP contribution < -0.4 is 5.32 Å². The monoisotopic (exact) mass is 297 g/mol. The van der Waals surface area contributed by atoms with Gasteiger partial charge in [-0.2, -0.15) is 0 Å². The molecule has 112 valence electrons. The molecule has 22 heavy (non-hydrogen) atoms. The fourth-order valence-corrected chi connectivity index (χ4v) is 2.63. The topological polar surface area (TPSA) is 75.6 Å². The number of Topliss-reactive ketones (excluding diaryl/α,β-unsaturated/α-hetero) is 1. The van der Waals surface area contributed by atoms with Gasteiger partial charge in [-0.3, -0.25) is 4.79 Å². The van der Waals surface area contributed by atoms with Crippen molar-refractivity contribution in [2.24, 2.45) is 0 Å². The molecule has 3 rings (SSSR count). The van der Waals surface area contributed by atoms with Crippen molar-refractivity contribution < 1.29 is 19.4 Å². The van der Waals surface area contributed by atoms with Crippen molar-refractivity contribution >= 4 is 28.7 Å². The second-order valence-corrected chi connectivity index (χ2v) is 5.03. The predicted molar refractivity (Wildman–Crippen MR) is 83.1 cm³/mol. The molecule has 1 aliphatic rings. The molecule has 0 spiro atoms. The Kier molecular flexibility index (Phi) is 3.89. The van der Waals surface area contributed by atoms with Gasteiger partial charge in [0.25, 0.3) is 0 Å². The molecule has 2 aromatic rings. The Morgan fingerprint density at radius 3 is 2.73 bits per heavy atom. The highest BCUT2D eigenvalue weighted by Gasteiger charge is 2.21. The summed E-state index contributed by atoms with van der Waals surface area (Å²) in [6.07, 6.45) is 0.764. The van der Waals surface area contributed by atoms with Crippen molar-refractivity contribution in [2.75, 3.05) is 19.8 Å². The van der Waals surface area contributed by atoms with Gasteiger partial charge < -0.3 is 15.2 Å². The average molecular weight is 297 g/mol. The summed E-state index contributed by atoms with van der Waals surface area (Å²) >= 11 is 0. The van der Waals surface area contributed by atoms with Gasteiger partial charge in [0, 0.05) is 23.1 Å². The average Bonchev–Trinajstić information content (AvgIpc) is 2.51. The number of hydrogen-bond acceptors (Lipinski definition) is 3. The third-order valence-corrected chi connectivity index (χ3v) is 3.58. The van der Waals surface area contributed by atoms with Crippen LogP contribution in [-0.4, -0.2) is 36.7 Å². The van der Waals surface area contributed by atoms with Crippen LogP contribution in [0, 0.1) is 0 Å². The van der Waals surface area contributed by atoms with E-state index in [9.17, 15) is 9.59 Å². The van der Waals surface area contributed by atoms with Crippen molar-refractivity contribution in [2.45, 2.75) is 0 Å². The van der Waals surface area contributed by atoms with Crippen LogP contribution in [-0.2, 0) is 4.74 Å². The summed E-state index contributed by atoms with van der Waals surface area (Å²) in [5.74, 6) is -0.0320. The summed E-state index contributed by atoms with van der Waals surface area (Å²) < 4.78 is 5.39. The molecular weight excluding hydrogens is 282 g/mol. The number of carboxylic acid groups (broad SMARTS) is 1. The van der Waals surface area contributed by atoms with Crippen LogP contribution >= 0.6 is 0 Å². The lowest BCUT2D eigenvalue weighted by molar-refractivity contribution is 0.0985. The fraction of sp³-hybridized carbons (Fsp3) is 0.176. The molecule has 0 saturated carbocycles. The normalized spacial score (nSPS) is 13.1. The largest absolute Gasteiger partial charge is 0.465 e. The van der Waals surface area contributed by atoms with E-state index in [1.807, 2.05) is 42.5 Å². The highest BCUT2D eigenvalue weighted by molar-refractivity contribution is 6.22. The SMILES string of the molecule is O=C(O)NCCOCC1=Cc2cccc3cccc(c23)C1=O. The van der Waals surface area contributed by atoms with Crippen LogP contribution in [0.5, 0.6) is 0 Å². The first-order valence-electron chi connectivity index (χ1n) is 6.98. The summed E-state index contributed by atoms with van der Waals surface area (Å²) in [5.41, 5.74) is 2.29. The van der Waals surface area contributed by atoms with Crippen molar-refractivity contribution in [3.05, 3.63) is 53.1 Å². The molecule has 2 aromatic carbocycles. The smallest absolute Gasteiger partial charge is 0.404 e. The summed E-state index contributed by atoms with van der Waals surface area (Å²) in [4.78, 5) is 22.8. The first kappa shape index (κ1) is 14.3. The van der Waals surface area contributed by atoms with E-state index in [4.69, 9.17) is 9.84 Å². The Labute approximate surface area is 127 Å². The molecule has 1 aliphatic carbocycles. The molecule has 0 atom stereocenters. The number of amides is 1. The van der Waals surface area contributed by atoms with Gasteiger partial charge >= 0.3 is 6.09 Å². The lowest BCUT2D eigenvalue weighted by atomic mass is 9.88. The van der Waals surface area contributed by atoms with Gasteiger partial charge in [0.2, 0.25) is 0 Å². The Morgan fingerprint density at radius 1 is 1.18 bits per heavy atom. The minimum atomic E-state index is -1.09. The van der Waals surface area contributed by atoms with E-state index in [-0.39, 0.29) is 25.5 Å². The lowest BCUT2D eigenvalue weighted by Gasteiger charge is -2.17. The minimum absolute atomic E-state index is 0.0320. The molecule has 0 radical (unpaired) electrons. The second-order valence-electron chi connectivity index (χ2n) is 5.03. The number of nitrogens with one attached hydrogen (secondary N) is 1. The van der Waals surface area contributed by atoms with Crippen molar-refractivity contribution in [1.82, 2.24) is 5.32 Å². The molecule has 0 aliphatic heterocycles. The Hall–Kier alpha value is -2.66. The van der Waals surface area contributed by atoms with Crippen LogP contribution in [0.25, 0.3) is 16.8 Å². The molecule has 0 heterocycles. The highest BCUT2D eigenvalue weighted by Crippen LogP contribution is 2.31. The van der Waals surface area contributed by atoms with Crippen molar-refractivity contribution in [3.8, 4) is 0 Å². The minimum Gasteiger partial charge on any atom is -0.465 e. The van der Waals surface area contributed by atoms with Gasteiger partial charge in [-0.15, -0.1) is 0 Å². The van der Waals surface area contributed by atoms with Gasteiger partial charge in [-0.1, -0.05) is 36.4 Å². The summed E-state index contributed by atoms with van der Waals surface area (Å²) in [6.45, 7) is 0.594. The van der Waals surface area contributed by atoms with Gasteiger partial charge in [0.1, 0.15) is 0 Å². The number of benzene rings is 2. The quantitative estimate of drug-likeness (QED) is 0.832. The third kappa shape index (κ3) is 2.71. The van der Waals surface area contributed by atoms with Crippen LogP contribution in [0.3, 0.4) is 0 Å². The maximum Gasteiger partial charge on any atom is 0.404 e. The number of rotatable bonds is 5. The molecule has 0 saturated heterocycles. The molecule has 2 N–H and O–H groups in total. The van der Waals surface area contributed by atoms with Gasteiger partial charge in [-0.05, 0) is 17.0 Å². The predicted octanol–water partition coefficient (Wildman–Crippen LogP) is 2.70. The van der Waals surface area contributed by atoms with Crippen LogP contribution in [0.15, 0.2) is 42.0 Å². The highest BCUT2D eigenvalue weighted by atomic mass is 16.5. The number of ether oxygens (including phenoxy) is 1. The molecule has 0 unspecified atom stereocenters. The van der Waals surface area contributed by atoms with E-state index in [0.29, 0.717) is 11.1 Å². The lowest BCUT2D eigenvalue weighted by Crippen LogP contribution is -2.25. The second kappa shape index (κ2) is 5.99. The standard InChI is InChI=1S/C17H15NO4/c19-16-13(10-22-8-7-18-17(20)21)9-12-5-1-3-11-4-2-6-14(16)15(11)12/h1-6,9,18H,7-8,10H2,(H,20,21). The van der Waals surface area contributed by atoms with E-state index < -0.39 is 6.09 Å². The van der Waals surface area contributed by atoms with Gasteiger partial charge in [0.15, 0.2) is 5.78 Å². The Bertz CT molecular complexity index is 774. The van der Waals surface area contributed by atoms with Crippen molar-refractivity contribution in [3.63, 3.8) is 0 Å². The first-order chi connectivity index (χ1) is 10.7.